The summed E-state index contributed by atoms with van der Waals surface area (Å²) >= 11 is 0. The maximum absolute atomic E-state index is 4.20. The number of aromatic nitrogens is 2. The fraction of sp³-hybridized carbons (Fsp3) is 0.750. The molecule has 1 aliphatic carbocycles. The molecule has 1 fully saturated rings. The summed E-state index contributed by atoms with van der Waals surface area (Å²) in [5, 5.41) is 3.49. The first kappa shape index (κ1) is 10.7. The van der Waals surface area contributed by atoms with E-state index in [0.29, 0.717) is 0 Å². The highest BCUT2D eigenvalue weighted by Crippen LogP contribution is 2.33. The molecule has 2 rings (SSSR count). The van der Waals surface area contributed by atoms with Gasteiger partial charge in [0.2, 0.25) is 0 Å². The first-order valence-electron chi connectivity index (χ1n) is 6.05. The highest BCUT2D eigenvalue weighted by atomic mass is 15.1. The summed E-state index contributed by atoms with van der Waals surface area (Å²) in [6.07, 6.45) is 9.64. The van der Waals surface area contributed by atoms with E-state index in [0.717, 1.165) is 24.8 Å². The maximum atomic E-state index is 4.20. The van der Waals surface area contributed by atoms with Crippen molar-refractivity contribution in [3.63, 3.8) is 0 Å². The van der Waals surface area contributed by atoms with Gasteiger partial charge in [-0.3, -0.25) is 0 Å². The number of nitrogens with zero attached hydrogens (tertiary/aromatic N) is 2. The van der Waals surface area contributed by atoms with Crippen molar-refractivity contribution in [2.24, 2.45) is 5.92 Å². The normalized spacial score (nSPS) is 15.8. The van der Waals surface area contributed by atoms with Gasteiger partial charge in [-0.25, -0.2) is 4.98 Å². The van der Waals surface area contributed by atoms with Gasteiger partial charge in [0.05, 0.1) is 0 Å². The molecule has 0 spiro atoms. The zero-order valence-corrected chi connectivity index (χ0v) is 9.58. The highest BCUT2D eigenvalue weighted by Gasteiger charge is 2.19. The van der Waals surface area contributed by atoms with Gasteiger partial charge in [-0.05, 0) is 32.2 Å². The van der Waals surface area contributed by atoms with Crippen LogP contribution < -0.4 is 5.32 Å². The van der Waals surface area contributed by atoms with Crippen molar-refractivity contribution in [1.82, 2.24) is 14.9 Å². The van der Waals surface area contributed by atoms with Gasteiger partial charge >= 0.3 is 0 Å². The summed E-state index contributed by atoms with van der Waals surface area (Å²) in [5.41, 5.74) is 0. The lowest BCUT2D eigenvalue weighted by Crippen LogP contribution is -2.21. The van der Waals surface area contributed by atoms with Crippen LogP contribution in [-0.2, 0) is 6.54 Å². The molecule has 0 atom stereocenters. The van der Waals surface area contributed by atoms with Gasteiger partial charge < -0.3 is 9.88 Å². The molecule has 1 aromatic rings. The first-order valence-corrected chi connectivity index (χ1v) is 6.05. The summed E-state index contributed by atoms with van der Waals surface area (Å²) in [6.45, 7) is 5.31. The molecule has 1 saturated carbocycles. The molecule has 0 aromatic carbocycles. The molecule has 1 heterocycles. The Labute approximate surface area is 91.9 Å². The third-order valence-electron chi connectivity index (χ3n) is 3.12. The van der Waals surface area contributed by atoms with Crippen LogP contribution in [0.25, 0.3) is 0 Å². The standard InChI is InChI=1S/C12H21N3/c1-11-14-8-10-15(11)9-7-13-6-2-3-12-4-5-12/h8,10,12-13H,2-7,9H2,1H3. The van der Waals surface area contributed by atoms with Crippen molar-refractivity contribution in [3.05, 3.63) is 18.2 Å². The van der Waals surface area contributed by atoms with E-state index in [2.05, 4.69) is 14.9 Å². The second kappa shape index (κ2) is 5.31. The van der Waals surface area contributed by atoms with E-state index in [1.54, 1.807) is 0 Å². The van der Waals surface area contributed by atoms with E-state index in [9.17, 15) is 0 Å². The fourth-order valence-corrected chi connectivity index (χ4v) is 1.89. The van der Waals surface area contributed by atoms with Gasteiger partial charge in [0.15, 0.2) is 0 Å². The third kappa shape index (κ3) is 3.67. The predicted octanol–water partition coefficient (Wildman–Crippen LogP) is 1.97. The van der Waals surface area contributed by atoms with Gasteiger partial charge in [0.1, 0.15) is 5.82 Å². The van der Waals surface area contributed by atoms with Gasteiger partial charge in [-0.15, -0.1) is 0 Å². The maximum Gasteiger partial charge on any atom is 0.105 e. The largest absolute Gasteiger partial charge is 0.334 e. The van der Waals surface area contributed by atoms with Crippen LogP contribution in [0, 0.1) is 12.8 Å². The van der Waals surface area contributed by atoms with Crippen molar-refractivity contribution >= 4 is 0 Å². The number of aryl methyl sites for hydroxylation is 1. The predicted molar refractivity (Wildman–Crippen MR) is 61.8 cm³/mol. The Morgan fingerprint density at radius 1 is 1.47 bits per heavy atom. The molecule has 84 valence electrons. The van der Waals surface area contributed by atoms with Crippen LogP contribution in [0.5, 0.6) is 0 Å². The average Bonchev–Trinajstić information content (AvgIpc) is 2.96. The minimum Gasteiger partial charge on any atom is -0.334 e. The molecule has 3 heteroatoms. The van der Waals surface area contributed by atoms with Crippen LogP contribution in [0.2, 0.25) is 0 Å². The Hall–Kier alpha value is -0.830. The highest BCUT2D eigenvalue weighted by molar-refractivity contribution is 4.88. The summed E-state index contributed by atoms with van der Waals surface area (Å²) in [7, 11) is 0. The van der Waals surface area contributed by atoms with Crippen molar-refractivity contribution in [3.8, 4) is 0 Å². The zero-order valence-electron chi connectivity index (χ0n) is 9.58. The van der Waals surface area contributed by atoms with Crippen LogP contribution in [0.3, 0.4) is 0 Å². The number of rotatable bonds is 7. The van der Waals surface area contributed by atoms with Gasteiger partial charge in [0.25, 0.3) is 0 Å². The fourth-order valence-electron chi connectivity index (χ4n) is 1.89. The van der Waals surface area contributed by atoms with E-state index < -0.39 is 0 Å². The van der Waals surface area contributed by atoms with Crippen molar-refractivity contribution < 1.29 is 0 Å². The van der Waals surface area contributed by atoms with Gasteiger partial charge in [-0.1, -0.05) is 12.8 Å². The molecule has 0 saturated heterocycles. The summed E-state index contributed by atoms with van der Waals surface area (Å²) in [5.74, 6) is 2.18. The Morgan fingerprint density at radius 2 is 2.33 bits per heavy atom. The van der Waals surface area contributed by atoms with Crippen LogP contribution >= 0.6 is 0 Å². The van der Waals surface area contributed by atoms with Crippen LogP contribution in [0.4, 0.5) is 0 Å². The van der Waals surface area contributed by atoms with E-state index >= 15 is 0 Å². The minimum atomic E-state index is 1.04. The zero-order chi connectivity index (χ0) is 10.5. The second-order valence-electron chi connectivity index (χ2n) is 4.50. The lowest BCUT2D eigenvalue weighted by Gasteiger charge is -2.06. The van der Waals surface area contributed by atoms with E-state index in [1.807, 2.05) is 19.3 Å². The molecule has 15 heavy (non-hydrogen) atoms. The molecule has 0 amide bonds. The van der Waals surface area contributed by atoms with E-state index in [1.165, 1.54) is 32.2 Å². The Bertz CT molecular complexity index is 289. The summed E-state index contributed by atoms with van der Waals surface area (Å²) in [4.78, 5) is 4.20. The quantitative estimate of drug-likeness (QED) is 0.693. The molecule has 0 unspecified atom stereocenters. The van der Waals surface area contributed by atoms with E-state index in [4.69, 9.17) is 0 Å². The molecular weight excluding hydrogens is 186 g/mol. The first-order chi connectivity index (χ1) is 7.36. The van der Waals surface area contributed by atoms with Crippen LogP contribution in [-0.4, -0.2) is 22.6 Å². The minimum absolute atomic E-state index is 1.04. The molecule has 3 nitrogen and oxygen atoms in total. The Kier molecular flexibility index (Phi) is 3.78. The molecule has 0 bridgehead atoms. The van der Waals surface area contributed by atoms with E-state index in [-0.39, 0.29) is 0 Å². The van der Waals surface area contributed by atoms with Crippen molar-refractivity contribution in [2.75, 3.05) is 13.1 Å². The summed E-state index contributed by atoms with van der Waals surface area (Å²) in [6, 6.07) is 0. The number of hydrogen-bond donors (Lipinski definition) is 1. The van der Waals surface area contributed by atoms with Gasteiger partial charge in [0, 0.05) is 25.5 Å². The van der Waals surface area contributed by atoms with Crippen LogP contribution in [0.1, 0.15) is 31.5 Å². The van der Waals surface area contributed by atoms with Crippen molar-refractivity contribution in [1.29, 1.82) is 0 Å². The second-order valence-corrected chi connectivity index (χ2v) is 4.50. The van der Waals surface area contributed by atoms with Crippen molar-refractivity contribution in [2.45, 2.75) is 39.2 Å². The number of nitrogens with one attached hydrogen (secondary N) is 1. The third-order valence-corrected chi connectivity index (χ3v) is 3.12. The Morgan fingerprint density at radius 3 is 3.00 bits per heavy atom. The topological polar surface area (TPSA) is 29.9 Å². The van der Waals surface area contributed by atoms with Crippen LogP contribution in [0.15, 0.2) is 12.4 Å². The van der Waals surface area contributed by atoms with Gasteiger partial charge in [-0.2, -0.15) is 0 Å². The lowest BCUT2D eigenvalue weighted by atomic mass is 10.2. The average molecular weight is 207 g/mol. The molecule has 1 aromatic heterocycles. The number of imidazole rings is 1. The number of hydrogen-bond acceptors (Lipinski definition) is 2. The molecule has 1 aliphatic rings. The Balaban J connectivity index is 1.49. The lowest BCUT2D eigenvalue weighted by molar-refractivity contribution is 0.553. The molecular formula is C12H21N3. The summed E-state index contributed by atoms with van der Waals surface area (Å²) < 4.78 is 2.19. The SMILES string of the molecule is Cc1nccn1CCNCCCC1CC1. The monoisotopic (exact) mass is 207 g/mol. The molecule has 1 N–H and O–H groups in total. The molecule has 0 radical (unpaired) electrons. The molecule has 0 aliphatic heterocycles. The smallest absolute Gasteiger partial charge is 0.105 e.